The number of hydrogen-bond acceptors (Lipinski definition) is 8. The maximum Gasteiger partial charge on any atom is 0.246 e. The summed E-state index contributed by atoms with van der Waals surface area (Å²) in [6.45, 7) is 9.69. The summed E-state index contributed by atoms with van der Waals surface area (Å²) in [6.07, 6.45) is -1.47. The van der Waals surface area contributed by atoms with Gasteiger partial charge in [0.2, 0.25) is 21.8 Å². The van der Waals surface area contributed by atoms with Crippen LogP contribution in [-0.4, -0.2) is 62.4 Å². The lowest BCUT2D eigenvalue weighted by Crippen LogP contribution is -2.44. The van der Waals surface area contributed by atoms with E-state index < -0.39 is 35.3 Å². The number of furan rings is 1. The van der Waals surface area contributed by atoms with Gasteiger partial charge in [0.05, 0.1) is 24.8 Å². The van der Waals surface area contributed by atoms with Crippen LogP contribution in [0.15, 0.2) is 57.4 Å². The molecule has 232 valence electrons. The lowest BCUT2D eigenvalue weighted by atomic mass is 10.1. The molecule has 4 rings (SSSR count). The first-order chi connectivity index (χ1) is 20.2. The van der Waals surface area contributed by atoms with Crippen molar-refractivity contribution in [2.75, 3.05) is 25.1 Å². The molecule has 0 saturated heterocycles. The van der Waals surface area contributed by atoms with Gasteiger partial charge >= 0.3 is 0 Å². The molecule has 2 aromatic heterocycles. The zero-order chi connectivity index (χ0) is 31.7. The highest BCUT2D eigenvalue weighted by molar-refractivity contribution is 9.10. The van der Waals surface area contributed by atoms with Crippen molar-refractivity contribution in [2.24, 2.45) is 0 Å². The molecule has 2 heterocycles. The number of anilines is 1. The van der Waals surface area contributed by atoms with E-state index in [-0.39, 0.29) is 28.4 Å². The topological polar surface area (TPSA) is 120 Å². The van der Waals surface area contributed by atoms with Crippen LogP contribution >= 0.6 is 15.9 Å². The highest BCUT2D eigenvalue weighted by Crippen LogP contribution is 2.40. The minimum Gasteiger partial charge on any atom is -0.494 e. The van der Waals surface area contributed by atoms with E-state index in [1.165, 1.54) is 43.6 Å². The molecule has 0 fully saturated rings. The first kappa shape index (κ1) is 32.7. The van der Waals surface area contributed by atoms with Crippen LogP contribution in [0.5, 0.6) is 11.5 Å². The quantitative estimate of drug-likeness (QED) is 0.170. The normalized spacial score (nSPS) is 13.5. The Kier molecular flexibility index (Phi) is 9.74. The lowest BCUT2D eigenvalue weighted by molar-refractivity contribution is 0.175. The van der Waals surface area contributed by atoms with Gasteiger partial charge in [-0.15, -0.1) is 10.2 Å². The molecule has 2 atom stereocenters. The molecule has 0 aliphatic rings. The molecule has 43 heavy (non-hydrogen) atoms. The predicted molar refractivity (Wildman–Crippen MR) is 170 cm³/mol. The standard InChI is InChI=1S/C29H36BrFN4O6SSi/c1-18-11-14-25(41-18)28-32-33-29(35(28)26-23(39-3)9-8-10-24(26)40-4)34(15-16-43(5,6)7)42(37,38)19(2)27(36)20-12-13-22(31)21(30)17-20/h8-14,17,19,27,36H,15-16H2,1-7H3/t19-,27-/m0/s1. The number of methoxy groups -OCH3 is 2. The molecule has 2 aromatic carbocycles. The van der Waals surface area contributed by atoms with Gasteiger partial charge < -0.3 is 19.0 Å². The van der Waals surface area contributed by atoms with E-state index in [0.717, 1.165) is 0 Å². The zero-order valence-corrected chi connectivity index (χ0v) is 28.5. The maximum atomic E-state index is 14.5. The van der Waals surface area contributed by atoms with Gasteiger partial charge in [-0.1, -0.05) is 31.8 Å². The second-order valence-electron chi connectivity index (χ2n) is 11.3. The van der Waals surface area contributed by atoms with Crippen LogP contribution in [0, 0.1) is 12.7 Å². The molecule has 0 bridgehead atoms. The smallest absolute Gasteiger partial charge is 0.246 e. The van der Waals surface area contributed by atoms with E-state index in [2.05, 4.69) is 45.8 Å². The molecule has 0 amide bonds. The summed E-state index contributed by atoms with van der Waals surface area (Å²) in [5.74, 6) is 1.44. The van der Waals surface area contributed by atoms with Crippen molar-refractivity contribution in [3.63, 3.8) is 0 Å². The molecule has 0 aliphatic heterocycles. The Morgan fingerprint density at radius 3 is 2.28 bits per heavy atom. The van der Waals surface area contributed by atoms with Gasteiger partial charge in [-0.2, -0.15) is 0 Å². The molecule has 0 spiro atoms. The fourth-order valence-corrected chi connectivity index (χ4v) is 7.55. The van der Waals surface area contributed by atoms with E-state index in [9.17, 15) is 17.9 Å². The Hall–Kier alpha value is -3.20. The van der Waals surface area contributed by atoms with Crippen LogP contribution < -0.4 is 13.8 Å². The number of rotatable bonds is 12. The third kappa shape index (κ3) is 6.81. The van der Waals surface area contributed by atoms with Crippen LogP contribution in [0.1, 0.15) is 24.4 Å². The second-order valence-corrected chi connectivity index (χ2v) is 20.0. The monoisotopic (exact) mass is 694 g/mol. The third-order valence-electron chi connectivity index (χ3n) is 7.03. The third-order valence-corrected chi connectivity index (χ3v) is 11.5. The van der Waals surface area contributed by atoms with Gasteiger partial charge in [0.15, 0.2) is 5.76 Å². The zero-order valence-electron chi connectivity index (χ0n) is 25.1. The van der Waals surface area contributed by atoms with E-state index in [0.29, 0.717) is 34.8 Å². The number of nitrogens with zero attached hydrogens (tertiary/aromatic N) is 4. The molecule has 1 N–H and O–H groups in total. The van der Waals surface area contributed by atoms with Gasteiger partial charge in [0.25, 0.3) is 0 Å². The highest BCUT2D eigenvalue weighted by Gasteiger charge is 2.39. The number of aliphatic hydroxyl groups is 1. The summed E-state index contributed by atoms with van der Waals surface area (Å²) in [5, 5.41) is 18.7. The van der Waals surface area contributed by atoms with E-state index in [1.807, 2.05) is 0 Å². The number of sulfonamides is 1. The van der Waals surface area contributed by atoms with E-state index in [4.69, 9.17) is 13.9 Å². The molecule has 14 heteroatoms. The van der Waals surface area contributed by atoms with E-state index in [1.54, 1.807) is 41.8 Å². The van der Waals surface area contributed by atoms with Crippen LogP contribution in [0.4, 0.5) is 10.3 Å². The van der Waals surface area contributed by atoms with Crippen LogP contribution in [0.25, 0.3) is 17.3 Å². The Bertz CT molecular complexity index is 1680. The molecule has 10 nitrogen and oxygen atoms in total. The highest BCUT2D eigenvalue weighted by atomic mass is 79.9. The lowest BCUT2D eigenvalue weighted by Gasteiger charge is -2.31. The van der Waals surface area contributed by atoms with Gasteiger partial charge in [-0.3, -0.25) is 4.57 Å². The van der Waals surface area contributed by atoms with E-state index >= 15 is 0 Å². The summed E-state index contributed by atoms with van der Waals surface area (Å²) < 4.78 is 63.0. The minimum atomic E-state index is -4.32. The maximum absolute atomic E-state index is 14.5. The molecular weight excluding hydrogens is 659 g/mol. The number of halogens is 2. The molecular formula is C29H36BrFN4O6SSi. The van der Waals surface area contributed by atoms with Gasteiger partial charge in [0.1, 0.15) is 34.0 Å². The van der Waals surface area contributed by atoms with Crippen LogP contribution in [0.3, 0.4) is 0 Å². The fraction of sp³-hybridized carbons (Fsp3) is 0.379. The Labute approximate surface area is 260 Å². The second kappa shape index (κ2) is 12.8. The molecule has 4 aromatic rings. The summed E-state index contributed by atoms with van der Waals surface area (Å²) in [7, 11) is -3.12. The number of aliphatic hydroxyl groups excluding tert-OH is 1. The molecule has 0 saturated carbocycles. The average molecular weight is 696 g/mol. The number of hydrogen-bond donors (Lipinski definition) is 1. The van der Waals surface area contributed by atoms with Crippen molar-refractivity contribution in [3.05, 3.63) is 70.1 Å². The largest absolute Gasteiger partial charge is 0.494 e. The average Bonchev–Trinajstić information content (AvgIpc) is 3.58. The number of aryl methyl sites for hydroxylation is 1. The van der Waals surface area contributed by atoms with Gasteiger partial charge in [-0.05, 0) is 77.8 Å². The Morgan fingerprint density at radius 1 is 1.09 bits per heavy atom. The van der Waals surface area contributed by atoms with Crippen molar-refractivity contribution >= 4 is 40.0 Å². The molecule has 0 aliphatic carbocycles. The Balaban J connectivity index is 1.96. The van der Waals surface area contributed by atoms with Crippen molar-refractivity contribution in [1.82, 2.24) is 14.8 Å². The summed E-state index contributed by atoms with van der Waals surface area (Å²) in [4.78, 5) is 0. The van der Waals surface area contributed by atoms with Crippen molar-refractivity contribution in [3.8, 4) is 28.8 Å². The Morgan fingerprint density at radius 2 is 1.74 bits per heavy atom. The van der Waals surface area contributed by atoms with Gasteiger partial charge in [0, 0.05) is 14.6 Å². The predicted octanol–water partition coefficient (Wildman–Crippen LogP) is 6.35. The van der Waals surface area contributed by atoms with Crippen molar-refractivity contribution in [1.29, 1.82) is 0 Å². The summed E-state index contributed by atoms with van der Waals surface area (Å²) in [5.41, 5.74) is 0.620. The first-order valence-corrected chi connectivity index (χ1v) is 19.6. The first-order valence-electron chi connectivity index (χ1n) is 13.6. The minimum absolute atomic E-state index is 0.0237. The summed E-state index contributed by atoms with van der Waals surface area (Å²) in [6, 6.07) is 13.2. The van der Waals surface area contributed by atoms with Crippen molar-refractivity contribution in [2.45, 2.75) is 50.9 Å². The molecule has 0 unspecified atom stereocenters. The number of benzene rings is 2. The fourth-order valence-electron chi connectivity index (χ4n) is 4.52. The van der Waals surface area contributed by atoms with Gasteiger partial charge in [-0.25, -0.2) is 17.1 Å². The summed E-state index contributed by atoms with van der Waals surface area (Å²) >= 11 is 3.12. The molecule has 0 radical (unpaired) electrons. The van der Waals surface area contributed by atoms with Crippen LogP contribution in [-0.2, 0) is 10.0 Å². The SMILES string of the molecule is COc1cccc(OC)c1-n1c(-c2ccc(C)o2)nnc1N(CC[Si](C)(C)C)S(=O)(=O)[C@@H](C)[C@H](O)c1ccc(F)c(Br)c1. The van der Waals surface area contributed by atoms with Crippen LogP contribution in [0.2, 0.25) is 25.7 Å². The van der Waals surface area contributed by atoms with Crippen molar-refractivity contribution < 1.29 is 31.8 Å². The number of aromatic nitrogens is 3. The number of ether oxygens (including phenoxy) is 2. The number of para-hydroxylation sites is 1.